The molecule has 1 aliphatic carbocycles. The molecule has 1 fully saturated rings. The van der Waals surface area contributed by atoms with Gasteiger partial charge in [-0.05, 0) is 42.9 Å². The van der Waals surface area contributed by atoms with E-state index in [4.69, 9.17) is 0 Å². The highest BCUT2D eigenvalue weighted by atomic mass is 32.2. The number of fused-ring (bicyclic) bond motifs is 1. The Morgan fingerprint density at radius 1 is 1.20 bits per heavy atom. The van der Waals surface area contributed by atoms with E-state index in [2.05, 4.69) is 27.5 Å². The zero-order valence-corrected chi connectivity index (χ0v) is 14.8. The van der Waals surface area contributed by atoms with Crippen LogP contribution in [0.2, 0.25) is 0 Å². The van der Waals surface area contributed by atoms with E-state index in [0.717, 1.165) is 18.0 Å². The Balaban J connectivity index is 1.66. The van der Waals surface area contributed by atoms with Crippen molar-refractivity contribution < 1.29 is 4.39 Å². The number of aromatic nitrogens is 4. The van der Waals surface area contributed by atoms with Crippen molar-refractivity contribution in [2.24, 2.45) is 0 Å². The summed E-state index contributed by atoms with van der Waals surface area (Å²) in [5.41, 5.74) is 1.01. The molecule has 2 aromatic heterocycles. The predicted octanol–water partition coefficient (Wildman–Crippen LogP) is 4.02. The lowest BCUT2D eigenvalue weighted by Crippen LogP contribution is -2.27. The fourth-order valence-corrected chi connectivity index (χ4v) is 4.57. The minimum Gasteiger partial charge on any atom is -0.365 e. The number of anilines is 1. The summed E-state index contributed by atoms with van der Waals surface area (Å²) in [7, 11) is 0. The number of benzene rings is 1. The first-order chi connectivity index (χ1) is 12.3. The van der Waals surface area contributed by atoms with Crippen LogP contribution in [0.4, 0.5) is 10.2 Å². The number of rotatable bonds is 5. The van der Waals surface area contributed by atoms with Crippen molar-refractivity contribution in [2.75, 3.05) is 11.1 Å². The maximum atomic E-state index is 14.1. The molecule has 0 amide bonds. The van der Waals surface area contributed by atoms with Gasteiger partial charge in [0.2, 0.25) is 0 Å². The fraction of sp³-hybridized carbons (Fsp3) is 0.389. The van der Waals surface area contributed by atoms with Gasteiger partial charge in [-0.3, -0.25) is 0 Å². The van der Waals surface area contributed by atoms with Crippen LogP contribution >= 0.6 is 11.8 Å². The van der Waals surface area contributed by atoms with Crippen molar-refractivity contribution in [1.29, 1.82) is 0 Å². The summed E-state index contributed by atoms with van der Waals surface area (Å²) in [6.07, 6.45) is 3.63. The van der Waals surface area contributed by atoms with E-state index in [0.29, 0.717) is 28.3 Å². The third-order valence-electron chi connectivity index (χ3n) is 4.54. The molecule has 0 spiro atoms. The molecule has 0 radical (unpaired) electrons. The molecule has 1 saturated carbocycles. The van der Waals surface area contributed by atoms with Gasteiger partial charge >= 0.3 is 0 Å². The molecule has 4 rings (SSSR count). The molecule has 25 heavy (non-hydrogen) atoms. The van der Waals surface area contributed by atoms with Gasteiger partial charge < -0.3 is 5.32 Å². The molecule has 1 N–H and O–H groups in total. The van der Waals surface area contributed by atoms with Gasteiger partial charge in [0, 0.05) is 11.3 Å². The second-order valence-electron chi connectivity index (χ2n) is 6.17. The van der Waals surface area contributed by atoms with Crippen molar-refractivity contribution in [3.8, 4) is 11.4 Å². The molecule has 3 aromatic rings. The Kier molecular flexibility index (Phi) is 4.57. The Morgan fingerprint density at radius 3 is 2.92 bits per heavy atom. The molecule has 2 unspecified atom stereocenters. The summed E-state index contributed by atoms with van der Waals surface area (Å²) in [6, 6.07) is 10.8. The van der Waals surface area contributed by atoms with E-state index in [-0.39, 0.29) is 5.82 Å². The van der Waals surface area contributed by atoms with Crippen molar-refractivity contribution >= 4 is 23.2 Å². The lowest BCUT2D eigenvalue weighted by atomic mass is 10.2. The van der Waals surface area contributed by atoms with Crippen molar-refractivity contribution in [1.82, 2.24) is 19.8 Å². The second-order valence-corrected chi connectivity index (χ2v) is 7.68. The maximum absolute atomic E-state index is 14.1. The predicted molar refractivity (Wildman–Crippen MR) is 99.4 cm³/mol. The average molecular weight is 357 g/mol. The monoisotopic (exact) mass is 357 g/mol. The molecule has 7 heteroatoms. The van der Waals surface area contributed by atoms with Gasteiger partial charge in [-0.15, -0.1) is 15.3 Å². The summed E-state index contributed by atoms with van der Waals surface area (Å²) in [5, 5.41) is 17.0. The van der Waals surface area contributed by atoms with Gasteiger partial charge in [0.05, 0.1) is 5.56 Å². The number of nitrogens with zero attached hydrogens (tertiary/aromatic N) is 4. The molecule has 2 atom stereocenters. The van der Waals surface area contributed by atoms with E-state index >= 15 is 0 Å². The number of thioether (sulfide) groups is 1. The quantitative estimate of drug-likeness (QED) is 0.747. The second kappa shape index (κ2) is 7.00. The molecule has 1 aliphatic rings. The topological polar surface area (TPSA) is 55.1 Å². The highest BCUT2D eigenvalue weighted by Gasteiger charge is 2.27. The average Bonchev–Trinajstić information content (AvgIpc) is 3.23. The zero-order chi connectivity index (χ0) is 17.2. The molecule has 0 aliphatic heterocycles. The van der Waals surface area contributed by atoms with Gasteiger partial charge in [-0.25, -0.2) is 4.39 Å². The van der Waals surface area contributed by atoms with Gasteiger partial charge in [0.25, 0.3) is 0 Å². The molecule has 0 bridgehead atoms. The highest BCUT2D eigenvalue weighted by molar-refractivity contribution is 7.99. The van der Waals surface area contributed by atoms with Crippen molar-refractivity contribution in [3.05, 3.63) is 42.2 Å². The van der Waals surface area contributed by atoms with Gasteiger partial charge in [-0.2, -0.15) is 16.3 Å². The van der Waals surface area contributed by atoms with Crippen LogP contribution in [0.15, 0.2) is 36.4 Å². The van der Waals surface area contributed by atoms with Crippen molar-refractivity contribution in [3.63, 3.8) is 0 Å². The van der Waals surface area contributed by atoms with E-state index in [1.165, 1.54) is 18.9 Å². The van der Waals surface area contributed by atoms with Crippen LogP contribution < -0.4 is 5.32 Å². The molecule has 2 heterocycles. The highest BCUT2D eigenvalue weighted by Crippen LogP contribution is 2.32. The molecule has 130 valence electrons. The summed E-state index contributed by atoms with van der Waals surface area (Å²) >= 11 is 2.00. The third kappa shape index (κ3) is 3.20. The van der Waals surface area contributed by atoms with Gasteiger partial charge in [0.15, 0.2) is 11.5 Å². The zero-order valence-electron chi connectivity index (χ0n) is 14.0. The lowest BCUT2D eigenvalue weighted by molar-refractivity contribution is 0.629. The number of hydrogen-bond donors (Lipinski definition) is 1. The van der Waals surface area contributed by atoms with E-state index in [9.17, 15) is 4.39 Å². The summed E-state index contributed by atoms with van der Waals surface area (Å²) in [5.74, 6) is 1.99. The van der Waals surface area contributed by atoms with Gasteiger partial charge in [-0.1, -0.05) is 25.5 Å². The molecule has 5 nitrogen and oxygen atoms in total. The molecule has 1 aromatic carbocycles. The first-order valence-corrected chi connectivity index (χ1v) is 9.66. The minimum atomic E-state index is -0.327. The first kappa shape index (κ1) is 16.3. The Labute approximate surface area is 150 Å². The van der Waals surface area contributed by atoms with E-state index in [1.807, 2.05) is 23.9 Å². The Hall–Kier alpha value is -2.15. The van der Waals surface area contributed by atoms with Crippen LogP contribution in [-0.4, -0.2) is 36.9 Å². The Bertz CT molecular complexity index is 881. The number of halogens is 1. The summed E-state index contributed by atoms with van der Waals surface area (Å²) < 4.78 is 15.7. The standard InChI is InChI=1S/C18H20FN5S/c1-2-25-15-9-5-8-14(15)20-16-10-11-17-21-22-18(24(17)23-16)12-6-3-4-7-13(12)19/h3-4,6-7,10-11,14-15H,2,5,8-9H2,1H3,(H,20,23). The van der Waals surface area contributed by atoms with Crippen LogP contribution in [-0.2, 0) is 0 Å². The normalized spacial score (nSPS) is 20.2. The van der Waals surface area contributed by atoms with Crippen LogP contribution in [0.1, 0.15) is 26.2 Å². The van der Waals surface area contributed by atoms with E-state index in [1.54, 1.807) is 22.7 Å². The van der Waals surface area contributed by atoms with Gasteiger partial charge in [0.1, 0.15) is 11.6 Å². The summed E-state index contributed by atoms with van der Waals surface area (Å²) in [6.45, 7) is 2.20. The van der Waals surface area contributed by atoms with Crippen LogP contribution in [0, 0.1) is 5.82 Å². The van der Waals surface area contributed by atoms with Crippen molar-refractivity contribution in [2.45, 2.75) is 37.5 Å². The number of nitrogens with one attached hydrogen (secondary N) is 1. The SMILES string of the molecule is CCSC1CCCC1Nc1ccc2nnc(-c3ccccc3F)n2n1. The molecular weight excluding hydrogens is 337 g/mol. The molecular formula is C18H20FN5S. The smallest absolute Gasteiger partial charge is 0.188 e. The fourth-order valence-electron chi connectivity index (χ4n) is 3.37. The van der Waals surface area contributed by atoms with Crippen LogP contribution in [0.25, 0.3) is 17.0 Å². The maximum Gasteiger partial charge on any atom is 0.188 e. The van der Waals surface area contributed by atoms with Crippen LogP contribution in [0.5, 0.6) is 0 Å². The lowest BCUT2D eigenvalue weighted by Gasteiger charge is -2.20. The Morgan fingerprint density at radius 2 is 2.08 bits per heavy atom. The third-order valence-corrected chi connectivity index (χ3v) is 5.87. The number of hydrogen-bond acceptors (Lipinski definition) is 5. The largest absolute Gasteiger partial charge is 0.365 e. The molecule has 0 saturated heterocycles. The first-order valence-electron chi connectivity index (χ1n) is 8.62. The summed E-state index contributed by atoms with van der Waals surface area (Å²) in [4.78, 5) is 0. The minimum absolute atomic E-state index is 0.327. The van der Waals surface area contributed by atoms with E-state index < -0.39 is 0 Å². The van der Waals surface area contributed by atoms with Crippen LogP contribution in [0.3, 0.4) is 0 Å².